The maximum Gasteiger partial charge on any atom is 0.225 e. The first-order chi connectivity index (χ1) is 14.4. The van der Waals surface area contributed by atoms with Gasteiger partial charge in [0.15, 0.2) is 5.03 Å². The molecule has 0 N–H and O–H groups in total. The van der Waals surface area contributed by atoms with Gasteiger partial charge in [-0.1, -0.05) is 24.3 Å². The molecular formula is C23H21NO4S2. The van der Waals surface area contributed by atoms with Crippen LogP contribution in [0.4, 0.5) is 0 Å². The molecule has 2 fully saturated rings. The second-order valence-electron chi connectivity index (χ2n) is 8.00. The maximum atomic E-state index is 13.4. The lowest BCUT2D eigenvalue weighted by molar-refractivity contribution is 0.580. The van der Waals surface area contributed by atoms with Crippen LogP contribution in [0.15, 0.2) is 86.6 Å². The third kappa shape index (κ3) is 3.46. The quantitative estimate of drug-likeness (QED) is 0.565. The summed E-state index contributed by atoms with van der Waals surface area (Å²) in [6.07, 6.45) is 5.61. The predicted molar refractivity (Wildman–Crippen MR) is 112 cm³/mol. The van der Waals surface area contributed by atoms with Gasteiger partial charge in [0, 0.05) is 6.20 Å². The molecule has 5 rings (SSSR count). The molecule has 154 valence electrons. The van der Waals surface area contributed by atoms with E-state index in [9.17, 15) is 16.8 Å². The van der Waals surface area contributed by atoms with Gasteiger partial charge in [-0.15, -0.1) is 0 Å². The van der Waals surface area contributed by atoms with Crippen molar-refractivity contribution >= 4 is 19.7 Å². The highest BCUT2D eigenvalue weighted by Gasteiger charge is 2.33. The summed E-state index contributed by atoms with van der Waals surface area (Å²) in [5, 5.41) is -0.154. The van der Waals surface area contributed by atoms with Crippen LogP contribution in [0.25, 0.3) is 0 Å². The molecule has 30 heavy (non-hydrogen) atoms. The first kappa shape index (κ1) is 19.5. The highest BCUT2D eigenvalue weighted by molar-refractivity contribution is 7.94. The average molecular weight is 440 g/mol. The Morgan fingerprint density at radius 1 is 0.667 bits per heavy atom. The molecule has 0 amide bonds. The Hall–Kier alpha value is -2.51. The van der Waals surface area contributed by atoms with Gasteiger partial charge in [-0.25, -0.2) is 21.8 Å². The molecule has 1 aromatic heterocycles. The van der Waals surface area contributed by atoms with Crippen molar-refractivity contribution in [2.24, 2.45) is 0 Å². The Morgan fingerprint density at radius 2 is 1.30 bits per heavy atom. The Balaban J connectivity index is 1.66. The third-order valence-corrected chi connectivity index (χ3v) is 9.41. The minimum Gasteiger partial charge on any atom is -0.244 e. The van der Waals surface area contributed by atoms with Gasteiger partial charge in [-0.05, 0) is 85.0 Å². The second kappa shape index (κ2) is 7.03. The Morgan fingerprint density at radius 3 is 1.90 bits per heavy atom. The van der Waals surface area contributed by atoms with Crippen LogP contribution in [0.3, 0.4) is 0 Å². The first-order valence-corrected chi connectivity index (χ1v) is 13.0. The minimum atomic E-state index is -4.09. The van der Waals surface area contributed by atoms with E-state index in [4.69, 9.17) is 0 Å². The number of hydrogen-bond donors (Lipinski definition) is 0. The summed E-state index contributed by atoms with van der Waals surface area (Å²) in [6, 6.07) is 16.1. The van der Waals surface area contributed by atoms with E-state index in [0.717, 1.165) is 36.8 Å². The summed E-state index contributed by atoms with van der Waals surface area (Å²) in [4.78, 5) is 3.67. The average Bonchev–Trinajstić information content (AvgIpc) is 3.66. The molecule has 1 heterocycles. The normalized spacial score (nSPS) is 17.1. The van der Waals surface area contributed by atoms with Gasteiger partial charge in [-0.2, -0.15) is 0 Å². The molecule has 0 radical (unpaired) electrons. The van der Waals surface area contributed by atoms with Gasteiger partial charge in [0.25, 0.3) is 0 Å². The van der Waals surface area contributed by atoms with E-state index in [0.29, 0.717) is 5.92 Å². The van der Waals surface area contributed by atoms with E-state index in [-0.39, 0.29) is 25.6 Å². The van der Waals surface area contributed by atoms with Crippen LogP contribution >= 0.6 is 0 Å². The zero-order valence-electron chi connectivity index (χ0n) is 16.2. The van der Waals surface area contributed by atoms with Crippen LogP contribution in [-0.4, -0.2) is 21.8 Å². The molecule has 3 aromatic rings. The topological polar surface area (TPSA) is 81.2 Å². The number of rotatable bonds is 6. The Kier molecular flexibility index (Phi) is 4.56. The number of nitrogens with zero attached hydrogens (tertiary/aromatic N) is 1. The van der Waals surface area contributed by atoms with E-state index < -0.39 is 19.7 Å². The van der Waals surface area contributed by atoms with Crippen molar-refractivity contribution in [2.75, 3.05) is 0 Å². The molecule has 0 spiro atoms. The van der Waals surface area contributed by atoms with Crippen LogP contribution in [0.5, 0.6) is 0 Å². The van der Waals surface area contributed by atoms with E-state index >= 15 is 0 Å². The largest absolute Gasteiger partial charge is 0.244 e. The summed E-state index contributed by atoms with van der Waals surface area (Å²) in [6.45, 7) is 0. The molecule has 7 heteroatoms. The fourth-order valence-corrected chi connectivity index (χ4v) is 6.99. The van der Waals surface area contributed by atoms with Crippen molar-refractivity contribution in [3.8, 4) is 0 Å². The van der Waals surface area contributed by atoms with Crippen molar-refractivity contribution in [3.05, 3.63) is 78.0 Å². The number of hydrogen-bond acceptors (Lipinski definition) is 5. The van der Waals surface area contributed by atoms with E-state index in [2.05, 4.69) is 4.98 Å². The minimum absolute atomic E-state index is 0.101. The van der Waals surface area contributed by atoms with Gasteiger partial charge in [-0.3, -0.25) is 0 Å². The van der Waals surface area contributed by atoms with Gasteiger partial charge in [0.2, 0.25) is 19.7 Å². The lowest BCUT2D eigenvalue weighted by Crippen LogP contribution is -2.12. The zero-order valence-corrected chi connectivity index (χ0v) is 17.9. The van der Waals surface area contributed by atoms with Crippen LogP contribution in [0, 0.1) is 0 Å². The van der Waals surface area contributed by atoms with E-state index in [1.807, 2.05) is 12.1 Å². The summed E-state index contributed by atoms with van der Waals surface area (Å²) >= 11 is 0. The molecule has 0 aliphatic heterocycles. The fraction of sp³-hybridized carbons (Fsp3) is 0.261. The Bertz CT molecular complexity index is 1310. The summed E-state index contributed by atoms with van der Waals surface area (Å²) in [7, 11) is -8.10. The molecule has 2 saturated carbocycles. The molecule has 0 unspecified atom stereocenters. The molecule has 2 aliphatic carbocycles. The SMILES string of the molecule is O=S(=O)(c1ccc(C2CC2)cc1)c1ccc(C2CC2)cc1S(=O)(=O)c1ccccn1. The summed E-state index contributed by atoms with van der Waals surface area (Å²) in [5.74, 6) is 0.803. The first-order valence-electron chi connectivity index (χ1n) is 10.0. The number of pyridine rings is 1. The van der Waals surface area contributed by atoms with Gasteiger partial charge in [0.05, 0.1) is 14.7 Å². The van der Waals surface area contributed by atoms with Crippen LogP contribution in [-0.2, 0) is 19.7 Å². The smallest absolute Gasteiger partial charge is 0.225 e. The van der Waals surface area contributed by atoms with Gasteiger partial charge in [0.1, 0.15) is 0 Å². The van der Waals surface area contributed by atoms with E-state index in [1.165, 1.54) is 24.4 Å². The molecule has 5 nitrogen and oxygen atoms in total. The van der Waals surface area contributed by atoms with Crippen LogP contribution in [0.1, 0.15) is 48.6 Å². The van der Waals surface area contributed by atoms with Crippen molar-refractivity contribution < 1.29 is 16.8 Å². The lowest BCUT2D eigenvalue weighted by atomic mass is 10.1. The molecule has 0 saturated heterocycles. The summed E-state index contributed by atoms with van der Waals surface area (Å²) in [5.41, 5.74) is 1.98. The summed E-state index contributed by atoms with van der Waals surface area (Å²) < 4.78 is 53.6. The predicted octanol–water partition coefficient (Wildman–Crippen LogP) is 4.50. The van der Waals surface area contributed by atoms with Crippen molar-refractivity contribution in [2.45, 2.75) is 57.2 Å². The van der Waals surface area contributed by atoms with Crippen LogP contribution in [0.2, 0.25) is 0 Å². The lowest BCUT2D eigenvalue weighted by Gasteiger charge is -2.13. The highest BCUT2D eigenvalue weighted by atomic mass is 32.2. The number of aromatic nitrogens is 1. The van der Waals surface area contributed by atoms with E-state index in [1.54, 1.807) is 30.3 Å². The van der Waals surface area contributed by atoms with Crippen molar-refractivity contribution in [1.29, 1.82) is 0 Å². The number of sulfone groups is 2. The monoisotopic (exact) mass is 439 g/mol. The number of benzene rings is 2. The second-order valence-corrected chi connectivity index (χ2v) is 11.8. The molecule has 0 bridgehead atoms. The molecular weight excluding hydrogens is 418 g/mol. The molecule has 0 atom stereocenters. The molecule has 2 aliphatic rings. The molecule has 2 aromatic carbocycles. The third-order valence-electron chi connectivity index (χ3n) is 5.75. The standard InChI is InChI=1S/C23H21NO4S2/c25-29(26,20-11-8-17(9-12-20)16-4-5-16)21-13-10-19(18-6-7-18)15-22(21)30(27,28)23-3-1-2-14-24-23/h1-3,8-16,18H,4-7H2. The maximum absolute atomic E-state index is 13.4. The fourth-order valence-electron chi connectivity index (χ4n) is 3.71. The van der Waals surface area contributed by atoms with Gasteiger partial charge >= 0.3 is 0 Å². The highest BCUT2D eigenvalue weighted by Crippen LogP contribution is 2.43. The van der Waals surface area contributed by atoms with Crippen molar-refractivity contribution in [1.82, 2.24) is 4.98 Å². The van der Waals surface area contributed by atoms with Gasteiger partial charge < -0.3 is 0 Å². The van der Waals surface area contributed by atoms with Crippen molar-refractivity contribution in [3.63, 3.8) is 0 Å². The Labute approximate surface area is 176 Å². The zero-order chi connectivity index (χ0) is 20.9. The van der Waals surface area contributed by atoms with Crippen LogP contribution < -0.4 is 0 Å².